The highest BCUT2D eigenvalue weighted by atomic mass is 16.5. The van der Waals surface area contributed by atoms with Gasteiger partial charge in [0, 0.05) is 12.6 Å². The first-order valence-electron chi connectivity index (χ1n) is 7.60. The number of rotatable bonds is 5. The van der Waals surface area contributed by atoms with Gasteiger partial charge in [0.2, 0.25) is 0 Å². The van der Waals surface area contributed by atoms with Crippen LogP contribution in [0, 0.1) is 17.2 Å². The van der Waals surface area contributed by atoms with Crippen LogP contribution in [0.4, 0.5) is 0 Å². The number of nitriles is 1. The molecule has 1 aliphatic carbocycles. The van der Waals surface area contributed by atoms with E-state index in [1.165, 1.54) is 37.7 Å². The van der Waals surface area contributed by atoms with E-state index < -0.39 is 0 Å². The maximum Gasteiger partial charge on any atom is 0.174 e. The van der Waals surface area contributed by atoms with Gasteiger partial charge in [0.15, 0.2) is 6.61 Å². The smallest absolute Gasteiger partial charge is 0.174 e. The summed E-state index contributed by atoms with van der Waals surface area (Å²) >= 11 is 0. The molecule has 108 valence electrons. The molecule has 20 heavy (non-hydrogen) atoms. The van der Waals surface area contributed by atoms with Crippen molar-refractivity contribution in [1.29, 1.82) is 5.26 Å². The predicted octanol–water partition coefficient (Wildman–Crippen LogP) is 3.65. The Balaban J connectivity index is 1.77. The molecule has 1 fully saturated rings. The van der Waals surface area contributed by atoms with Gasteiger partial charge < -0.3 is 10.1 Å². The highest BCUT2D eigenvalue weighted by Gasteiger charge is 2.15. The van der Waals surface area contributed by atoms with Crippen molar-refractivity contribution in [2.75, 3.05) is 6.61 Å². The summed E-state index contributed by atoms with van der Waals surface area (Å²) in [6.45, 7) is 3.39. The first-order valence-corrected chi connectivity index (χ1v) is 7.60. The van der Waals surface area contributed by atoms with Gasteiger partial charge in [-0.25, -0.2) is 0 Å². The highest BCUT2D eigenvalue weighted by Crippen LogP contribution is 2.23. The van der Waals surface area contributed by atoms with Crippen molar-refractivity contribution in [3.8, 4) is 11.8 Å². The average Bonchev–Trinajstić information content (AvgIpc) is 2.68. The van der Waals surface area contributed by atoms with Crippen LogP contribution >= 0.6 is 0 Å². The van der Waals surface area contributed by atoms with Crippen molar-refractivity contribution >= 4 is 0 Å². The van der Waals surface area contributed by atoms with Crippen LogP contribution in [0.15, 0.2) is 24.3 Å². The minimum Gasteiger partial charge on any atom is -0.479 e. The van der Waals surface area contributed by atoms with E-state index in [-0.39, 0.29) is 6.61 Å². The highest BCUT2D eigenvalue weighted by molar-refractivity contribution is 5.27. The molecule has 3 nitrogen and oxygen atoms in total. The fourth-order valence-electron chi connectivity index (χ4n) is 2.77. The Hall–Kier alpha value is -1.53. The van der Waals surface area contributed by atoms with Crippen LogP contribution in [-0.2, 0) is 6.54 Å². The molecule has 2 unspecified atom stereocenters. The summed E-state index contributed by atoms with van der Waals surface area (Å²) in [6.07, 6.45) is 6.67. The summed E-state index contributed by atoms with van der Waals surface area (Å²) in [5.41, 5.74) is 1.27. The Morgan fingerprint density at radius 3 is 2.75 bits per heavy atom. The van der Waals surface area contributed by atoms with Gasteiger partial charge in [-0.1, -0.05) is 31.9 Å². The lowest BCUT2D eigenvalue weighted by atomic mass is 10.0. The van der Waals surface area contributed by atoms with Gasteiger partial charge in [0.05, 0.1) is 0 Å². The molecule has 1 saturated carbocycles. The molecule has 0 aliphatic heterocycles. The monoisotopic (exact) mass is 272 g/mol. The van der Waals surface area contributed by atoms with Crippen LogP contribution in [0.25, 0.3) is 0 Å². The van der Waals surface area contributed by atoms with E-state index in [1.807, 2.05) is 18.2 Å². The molecule has 1 aromatic carbocycles. The van der Waals surface area contributed by atoms with Crippen molar-refractivity contribution < 1.29 is 4.74 Å². The number of ether oxygens (including phenoxy) is 1. The Labute approximate surface area is 121 Å². The standard InChI is InChI=1S/C17H24N2O/c1-14-3-2-4-16(8-5-14)19-13-15-6-9-17(10-7-15)20-12-11-18/h6-7,9-10,14,16,19H,2-5,8,12-13H2,1H3. The van der Waals surface area contributed by atoms with E-state index in [2.05, 4.69) is 24.4 Å². The van der Waals surface area contributed by atoms with E-state index in [4.69, 9.17) is 10.00 Å². The predicted molar refractivity (Wildman–Crippen MR) is 80.4 cm³/mol. The normalized spacial score (nSPS) is 22.8. The van der Waals surface area contributed by atoms with E-state index >= 15 is 0 Å². The molecule has 1 aromatic rings. The van der Waals surface area contributed by atoms with Gasteiger partial charge in [-0.05, 0) is 42.9 Å². The van der Waals surface area contributed by atoms with Crippen LogP contribution in [-0.4, -0.2) is 12.6 Å². The van der Waals surface area contributed by atoms with E-state index in [0.29, 0.717) is 6.04 Å². The Morgan fingerprint density at radius 2 is 2.00 bits per heavy atom. The van der Waals surface area contributed by atoms with Crippen molar-refractivity contribution in [1.82, 2.24) is 5.32 Å². The van der Waals surface area contributed by atoms with Gasteiger partial charge in [0.25, 0.3) is 0 Å². The second kappa shape index (κ2) is 7.91. The summed E-state index contributed by atoms with van der Waals surface area (Å²) in [4.78, 5) is 0. The number of benzene rings is 1. The second-order valence-electron chi connectivity index (χ2n) is 5.78. The molecule has 0 aromatic heterocycles. The third-order valence-corrected chi connectivity index (χ3v) is 4.08. The zero-order chi connectivity index (χ0) is 14.2. The molecule has 1 N–H and O–H groups in total. The maximum absolute atomic E-state index is 8.47. The van der Waals surface area contributed by atoms with Gasteiger partial charge in [0.1, 0.15) is 11.8 Å². The van der Waals surface area contributed by atoms with Crippen LogP contribution in [0.2, 0.25) is 0 Å². The van der Waals surface area contributed by atoms with Crippen molar-refractivity contribution in [2.24, 2.45) is 5.92 Å². The molecule has 1 aliphatic rings. The Bertz CT molecular complexity index is 435. The third kappa shape index (κ3) is 4.86. The summed E-state index contributed by atoms with van der Waals surface area (Å²) in [6, 6.07) is 10.6. The molecule has 0 heterocycles. The first kappa shape index (κ1) is 14.9. The summed E-state index contributed by atoms with van der Waals surface area (Å²) in [5.74, 6) is 1.65. The maximum atomic E-state index is 8.47. The van der Waals surface area contributed by atoms with Crippen molar-refractivity contribution in [3.05, 3.63) is 29.8 Å². The fourth-order valence-corrected chi connectivity index (χ4v) is 2.77. The zero-order valence-electron chi connectivity index (χ0n) is 12.3. The lowest BCUT2D eigenvalue weighted by molar-refractivity contribution is 0.368. The second-order valence-corrected chi connectivity index (χ2v) is 5.78. The van der Waals surface area contributed by atoms with Crippen LogP contribution in [0.1, 0.15) is 44.6 Å². The average molecular weight is 272 g/mol. The Kier molecular flexibility index (Phi) is 5.88. The number of hydrogen-bond donors (Lipinski definition) is 1. The van der Waals surface area contributed by atoms with E-state index in [0.717, 1.165) is 18.2 Å². The first-order chi connectivity index (χ1) is 9.78. The van der Waals surface area contributed by atoms with Crippen LogP contribution in [0.3, 0.4) is 0 Å². The van der Waals surface area contributed by atoms with Gasteiger partial charge in [-0.15, -0.1) is 0 Å². The molecule has 0 bridgehead atoms. The summed E-state index contributed by atoms with van der Waals surface area (Å²) < 4.78 is 5.25. The molecule has 0 radical (unpaired) electrons. The number of nitrogens with zero attached hydrogens (tertiary/aromatic N) is 1. The molecule has 0 saturated heterocycles. The largest absolute Gasteiger partial charge is 0.479 e. The lowest BCUT2D eigenvalue weighted by Crippen LogP contribution is -2.27. The SMILES string of the molecule is CC1CCCC(NCc2ccc(OCC#N)cc2)CC1. The molecule has 0 spiro atoms. The molecule has 3 heteroatoms. The third-order valence-electron chi connectivity index (χ3n) is 4.08. The molecular weight excluding hydrogens is 248 g/mol. The van der Waals surface area contributed by atoms with Crippen molar-refractivity contribution in [3.63, 3.8) is 0 Å². The molecular formula is C17H24N2O. The van der Waals surface area contributed by atoms with Gasteiger partial charge >= 0.3 is 0 Å². The quantitative estimate of drug-likeness (QED) is 0.832. The van der Waals surface area contributed by atoms with E-state index in [1.54, 1.807) is 0 Å². The van der Waals surface area contributed by atoms with Crippen LogP contribution < -0.4 is 10.1 Å². The number of nitrogens with one attached hydrogen (secondary N) is 1. The van der Waals surface area contributed by atoms with Gasteiger partial charge in [-0.3, -0.25) is 0 Å². The summed E-state index contributed by atoms with van der Waals surface area (Å²) in [5, 5.41) is 12.1. The Morgan fingerprint density at radius 1 is 1.20 bits per heavy atom. The molecule has 0 amide bonds. The fraction of sp³-hybridized carbons (Fsp3) is 0.588. The minimum absolute atomic E-state index is 0.109. The molecule has 2 atom stereocenters. The lowest BCUT2D eigenvalue weighted by Gasteiger charge is -2.16. The van der Waals surface area contributed by atoms with Gasteiger partial charge in [-0.2, -0.15) is 5.26 Å². The van der Waals surface area contributed by atoms with Crippen LogP contribution in [0.5, 0.6) is 5.75 Å². The number of hydrogen-bond acceptors (Lipinski definition) is 3. The molecule has 2 rings (SSSR count). The summed E-state index contributed by atoms with van der Waals surface area (Å²) in [7, 11) is 0. The van der Waals surface area contributed by atoms with E-state index in [9.17, 15) is 0 Å². The van der Waals surface area contributed by atoms with Crippen molar-refractivity contribution in [2.45, 2.75) is 51.6 Å². The zero-order valence-corrected chi connectivity index (χ0v) is 12.3. The minimum atomic E-state index is 0.109. The topological polar surface area (TPSA) is 45.0 Å².